The molecular formula is C22H25N5O6S2. The molecule has 0 unspecified atom stereocenters. The molecule has 2 aromatic carbocycles. The fraction of sp³-hybridized carbons (Fsp3) is 0.318. The molecule has 1 atom stereocenters. The molecule has 0 saturated heterocycles. The number of nitrogens with zero attached hydrogens (tertiary/aromatic N) is 4. The third-order valence-electron chi connectivity index (χ3n) is 5.56. The van der Waals surface area contributed by atoms with Crippen molar-refractivity contribution in [3.05, 3.63) is 53.9 Å². The molecule has 0 fully saturated rings. The first-order chi connectivity index (χ1) is 16.5. The molecular weight excluding hydrogens is 494 g/mol. The molecule has 0 radical (unpaired) electrons. The van der Waals surface area contributed by atoms with E-state index in [9.17, 15) is 21.6 Å². The van der Waals surface area contributed by atoms with Gasteiger partial charge < -0.3 is 9.30 Å². The quantitative estimate of drug-likeness (QED) is 0.466. The van der Waals surface area contributed by atoms with E-state index < -0.39 is 32.1 Å². The highest BCUT2D eigenvalue weighted by Crippen LogP contribution is 2.24. The van der Waals surface area contributed by atoms with Crippen LogP contribution in [0.4, 0.5) is 0 Å². The highest BCUT2D eigenvalue weighted by molar-refractivity contribution is 7.90. The molecule has 1 aliphatic heterocycles. The molecule has 1 aliphatic rings. The van der Waals surface area contributed by atoms with Gasteiger partial charge in [0, 0.05) is 26.2 Å². The highest BCUT2D eigenvalue weighted by Gasteiger charge is 2.31. The van der Waals surface area contributed by atoms with Crippen molar-refractivity contribution in [3.8, 4) is 0 Å². The molecule has 4 rings (SSSR count). The lowest BCUT2D eigenvalue weighted by molar-refractivity contribution is -0.146. The number of fused-ring (bicyclic) bond motifs is 2. The second-order valence-corrected chi connectivity index (χ2v) is 11.9. The van der Waals surface area contributed by atoms with Crippen LogP contribution in [0.3, 0.4) is 0 Å². The van der Waals surface area contributed by atoms with E-state index in [0.717, 1.165) is 4.31 Å². The van der Waals surface area contributed by atoms with Crippen LogP contribution < -0.4 is 4.72 Å². The summed E-state index contributed by atoms with van der Waals surface area (Å²) in [7, 11) is -4.43. The zero-order valence-corrected chi connectivity index (χ0v) is 21.2. The number of hydrogen-bond donors (Lipinski definition) is 1. The van der Waals surface area contributed by atoms with Gasteiger partial charge in [-0.25, -0.2) is 30.9 Å². The van der Waals surface area contributed by atoms with Gasteiger partial charge in [-0.05, 0) is 44.2 Å². The van der Waals surface area contributed by atoms with Crippen molar-refractivity contribution in [2.24, 2.45) is 4.99 Å². The number of aliphatic imine (C=N–C) groups is 1. The van der Waals surface area contributed by atoms with Crippen molar-refractivity contribution >= 4 is 42.9 Å². The minimum absolute atomic E-state index is 0.0838. The lowest BCUT2D eigenvalue weighted by atomic mass is 10.2. The van der Waals surface area contributed by atoms with Gasteiger partial charge >= 0.3 is 5.97 Å². The molecule has 0 aliphatic carbocycles. The first-order valence-electron chi connectivity index (χ1n) is 10.7. The third kappa shape index (κ3) is 4.54. The summed E-state index contributed by atoms with van der Waals surface area (Å²) in [6.45, 7) is 3.77. The number of aryl methyl sites for hydroxylation is 1. The minimum atomic E-state index is -3.72. The predicted molar refractivity (Wildman–Crippen MR) is 129 cm³/mol. The number of aromatic nitrogens is 2. The van der Waals surface area contributed by atoms with Crippen LogP contribution in [0.1, 0.15) is 25.2 Å². The van der Waals surface area contributed by atoms with Gasteiger partial charge in [0.25, 0.3) is 10.0 Å². The number of carbonyl (C=O) groups excluding carboxylic acids is 1. The molecule has 1 N–H and O–H groups in total. The second kappa shape index (κ2) is 9.06. The van der Waals surface area contributed by atoms with E-state index in [1.54, 1.807) is 24.3 Å². The summed E-state index contributed by atoms with van der Waals surface area (Å²) in [5, 5.41) is 0. The molecule has 0 saturated carbocycles. The smallest absolute Gasteiger partial charge is 0.331 e. The van der Waals surface area contributed by atoms with E-state index in [0.29, 0.717) is 29.0 Å². The normalized spacial score (nSPS) is 16.9. The molecule has 13 heteroatoms. The average Bonchev–Trinajstić information content (AvgIpc) is 3.30. The number of sulfonamides is 2. The van der Waals surface area contributed by atoms with Crippen molar-refractivity contribution in [1.29, 1.82) is 0 Å². The summed E-state index contributed by atoms with van der Waals surface area (Å²) in [6, 6.07) is 10.1. The van der Waals surface area contributed by atoms with Crippen LogP contribution in [0, 0.1) is 0 Å². The number of nitrogens with one attached hydrogen (secondary N) is 1. The third-order valence-corrected chi connectivity index (χ3v) is 8.77. The van der Waals surface area contributed by atoms with Crippen LogP contribution in [0.15, 0.2) is 57.2 Å². The van der Waals surface area contributed by atoms with Crippen LogP contribution in [0.25, 0.3) is 11.0 Å². The summed E-state index contributed by atoms with van der Waals surface area (Å²) in [4.78, 5) is 21.5. The van der Waals surface area contributed by atoms with Gasteiger partial charge in [0.05, 0.1) is 20.8 Å². The van der Waals surface area contributed by atoms with Gasteiger partial charge in [0.15, 0.2) is 0 Å². The maximum atomic E-state index is 12.6. The molecule has 3 aromatic rings. The Morgan fingerprint density at radius 3 is 2.63 bits per heavy atom. The maximum absolute atomic E-state index is 12.6. The average molecular weight is 520 g/mol. The van der Waals surface area contributed by atoms with Crippen molar-refractivity contribution < 1.29 is 26.4 Å². The molecule has 0 bridgehead atoms. The summed E-state index contributed by atoms with van der Waals surface area (Å²) >= 11 is 0. The number of benzene rings is 2. The largest absolute Gasteiger partial charge is 0.456 e. The van der Waals surface area contributed by atoms with Crippen molar-refractivity contribution in [1.82, 2.24) is 18.6 Å². The molecule has 2 heterocycles. The monoisotopic (exact) mass is 519 g/mol. The van der Waals surface area contributed by atoms with E-state index in [-0.39, 0.29) is 22.2 Å². The second-order valence-electron chi connectivity index (χ2n) is 8.07. The van der Waals surface area contributed by atoms with Gasteiger partial charge in [-0.15, -0.1) is 0 Å². The number of carbonyl (C=O) groups is 1. The topological polar surface area (TPSA) is 140 Å². The van der Waals surface area contributed by atoms with Gasteiger partial charge in [-0.3, -0.25) is 9.71 Å². The fourth-order valence-electron chi connectivity index (χ4n) is 3.73. The van der Waals surface area contributed by atoms with E-state index in [1.165, 1.54) is 39.2 Å². The van der Waals surface area contributed by atoms with Crippen LogP contribution >= 0.6 is 0 Å². The number of imidazole rings is 1. The lowest BCUT2D eigenvalue weighted by Gasteiger charge is -2.11. The van der Waals surface area contributed by atoms with Gasteiger partial charge in [-0.2, -0.15) is 0 Å². The summed E-state index contributed by atoms with van der Waals surface area (Å²) in [5.74, 6) is -0.130. The SMILES string of the molecule is CCn1c(COC(=O)[C@H](C)N=C2NS(=O)(=O)c3ccccc32)nc2cc(S(=O)(=O)N(C)C)ccc21. The van der Waals surface area contributed by atoms with Gasteiger partial charge in [0.1, 0.15) is 24.3 Å². The molecule has 35 heavy (non-hydrogen) atoms. The van der Waals surface area contributed by atoms with E-state index in [2.05, 4.69) is 14.7 Å². The van der Waals surface area contributed by atoms with Gasteiger partial charge in [-0.1, -0.05) is 12.1 Å². The Bertz CT molecular complexity index is 1560. The van der Waals surface area contributed by atoms with Crippen LogP contribution in [0.5, 0.6) is 0 Å². The van der Waals surface area contributed by atoms with E-state index in [4.69, 9.17) is 4.74 Å². The van der Waals surface area contributed by atoms with Crippen molar-refractivity contribution in [3.63, 3.8) is 0 Å². The summed E-state index contributed by atoms with van der Waals surface area (Å²) in [6.07, 6.45) is 0. The number of hydrogen-bond acceptors (Lipinski definition) is 8. The zero-order valence-electron chi connectivity index (χ0n) is 19.6. The summed E-state index contributed by atoms with van der Waals surface area (Å²) < 4.78 is 60.1. The van der Waals surface area contributed by atoms with Crippen LogP contribution in [0.2, 0.25) is 0 Å². The molecule has 0 spiro atoms. The van der Waals surface area contributed by atoms with E-state index in [1.807, 2.05) is 11.5 Å². The van der Waals surface area contributed by atoms with Gasteiger partial charge in [0.2, 0.25) is 10.0 Å². The Morgan fingerprint density at radius 1 is 1.23 bits per heavy atom. The lowest BCUT2D eigenvalue weighted by Crippen LogP contribution is -2.27. The number of ether oxygens (including phenoxy) is 1. The fourth-order valence-corrected chi connectivity index (χ4v) is 5.89. The predicted octanol–water partition coefficient (Wildman–Crippen LogP) is 1.48. The standard InChI is InChI=1S/C22H25N5O6S2/c1-5-27-18-11-10-15(35(31,32)26(3)4)12-17(18)24-20(27)13-33-22(28)14(2)23-21-16-8-6-7-9-19(16)34(29,30)25-21/h6-12,14H,5,13H2,1-4H3,(H,23,25)/t14-/m0/s1. The van der Waals surface area contributed by atoms with Crippen molar-refractivity contribution in [2.45, 2.75) is 42.8 Å². The van der Waals surface area contributed by atoms with Crippen LogP contribution in [-0.2, 0) is 42.7 Å². The number of esters is 1. The minimum Gasteiger partial charge on any atom is -0.456 e. The number of amidine groups is 1. The highest BCUT2D eigenvalue weighted by atomic mass is 32.2. The first kappa shape index (κ1) is 24.8. The first-order valence-corrected chi connectivity index (χ1v) is 13.7. The molecule has 11 nitrogen and oxygen atoms in total. The molecule has 186 valence electrons. The Balaban J connectivity index is 1.54. The Labute approximate surface area is 203 Å². The number of rotatable bonds is 7. The van der Waals surface area contributed by atoms with Crippen LogP contribution in [-0.4, -0.2) is 62.6 Å². The summed E-state index contributed by atoms with van der Waals surface area (Å²) in [5.41, 5.74) is 1.57. The molecule has 0 amide bonds. The molecule has 1 aromatic heterocycles. The van der Waals surface area contributed by atoms with E-state index >= 15 is 0 Å². The van der Waals surface area contributed by atoms with Crippen molar-refractivity contribution in [2.75, 3.05) is 14.1 Å². The maximum Gasteiger partial charge on any atom is 0.331 e. The Kier molecular flexibility index (Phi) is 6.42. The Morgan fingerprint density at radius 2 is 1.94 bits per heavy atom. The zero-order chi connectivity index (χ0) is 25.5. The Hall–Kier alpha value is -3.29.